The molecule has 0 aliphatic rings. The lowest BCUT2D eigenvalue weighted by molar-refractivity contribution is 0.0951. The fourth-order valence-corrected chi connectivity index (χ4v) is 3.00. The van der Waals surface area contributed by atoms with Gasteiger partial charge in [-0.1, -0.05) is 0 Å². The van der Waals surface area contributed by atoms with E-state index in [9.17, 15) is 9.90 Å². The second kappa shape index (κ2) is 10.2. The zero-order valence-corrected chi connectivity index (χ0v) is 17.3. The number of hydrogen-bond donors (Lipinski definition) is 2. The van der Waals surface area contributed by atoms with Crippen molar-refractivity contribution in [2.45, 2.75) is 12.8 Å². The van der Waals surface area contributed by atoms with Crippen molar-refractivity contribution in [2.75, 3.05) is 27.4 Å². The Morgan fingerprint density at radius 1 is 1.19 bits per heavy atom. The molecule has 1 aromatic carbocycles. The number of pyridine rings is 1. The van der Waals surface area contributed by atoms with Crippen molar-refractivity contribution in [1.29, 1.82) is 5.26 Å². The van der Waals surface area contributed by atoms with E-state index in [-0.39, 0.29) is 11.8 Å². The van der Waals surface area contributed by atoms with Crippen LogP contribution in [0.1, 0.15) is 28.8 Å². The molecule has 9 heteroatoms. The summed E-state index contributed by atoms with van der Waals surface area (Å²) < 4.78 is 11.6. The Hall–Kier alpha value is -3.90. The molecule has 31 heavy (non-hydrogen) atoms. The Kier molecular flexibility index (Phi) is 7.19. The molecule has 0 radical (unpaired) electrons. The Morgan fingerprint density at radius 3 is 2.71 bits per heavy atom. The van der Waals surface area contributed by atoms with Gasteiger partial charge >= 0.3 is 0 Å². The van der Waals surface area contributed by atoms with Crippen molar-refractivity contribution < 1.29 is 19.4 Å². The first-order chi connectivity index (χ1) is 15.1. The summed E-state index contributed by atoms with van der Waals surface area (Å²) in [5, 5.41) is 26.8. The smallest absolute Gasteiger partial charge is 0.252 e. The van der Waals surface area contributed by atoms with Gasteiger partial charge in [0.2, 0.25) is 5.88 Å². The zero-order valence-electron chi connectivity index (χ0n) is 17.3. The Labute approximate surface area is 179 Å². The van der Waals surface area contributed by atoms with Gasteiger partial charge in [0, 0.05) is 32.0 Å². The fraction of sp³-hybridized carbons (Fsp3) is 0.273. The second-order valence-corrected chi connectivity index (χ2v) is 6.68. The quantitative estimate of drug-likeness (QED) is 0.509. The van der Waals surface area contributed by atoms with Crippen LogP contribution in [0.15, 0.2) is 42.7 Å². The minimum absolute atomic E-state index is 0.133. The van der Waals surface area contributed by atoms with Crippen LogP contribution in [0, 0.1) is 11.3 Å². The molecule has 9 nitrogen and oxygen atoms in total. The van der Waals surface area contributed by atoms with Gasteiger partial charge in [-0.15, -0.1) is 0 Å². The van der Waals surface area contributed by atoms with Gasteiger partial charge in [0.1, 0.15) is 5.75 Å². The largest absolute Gasteiger partial charge is 0.496 e. The third kappa shape index (κ3) is 4.99. The van der Waals surface area contributed by atoms with Gasteiger partial charge in [0.15, 0.2) is 5.82 Å². The van der Waals surface area contributed by atoms with E-state index in [1.807, 2.05) is 0 Å². The molecule has 0 saturated heterocycles. The first-order valence-electron chi connectivity index (χ1n) is 9.68. The predicted octanol–water partition coefficient (Wildman–Crippen LogP) is 2.68. The molecule has 0 atom stereocenters. The van der Waals surface area contributed by atoms with Crippen molar-refractivity contribution in [3.05, 3.63) is 53.9 Å². The van der Waals surface area contributed by atoms with E-state index in [2.05, 4.69) is 21.5 Å². The van der Waals surface area contributed by atoms with Crippen LogP contribution in [-0.4, -0.2) is 53.1 Å². The molecule has 0 saturated carbocycles. The van der Waals surface area contributed by atoms with Gasteiger partial charge in [-0.05, 0) is 43.2 Å². The lowest BCUT2D eigenvalue weighted by atomic mass is 10.1. The standard InChI is InChI=1S/C22H23N5O4/c1-30-10-4-3-9-24-21(28)16-6-8-20(25-13-16)27-22(29)18(14-26-27)17-7-5-15(12-23)11-19(17)31-2/h5-8,11,13-14,29H,3-4,9-10H2,1-2H3,(H,24,28). The normalized spacial score (nSPS) is 10.5. The minimum atomic E-state index is -0.218. The molecule has 160 valence electrons. The summed E-state index contributed by atoms with van der Waals surface area (Å²) in [6.07, 6.45) is 4.62. The number of nitrogens with one attached hydrogen (secondary N) is 1. The van der Waals surface area contributed by atoms with E-state index < -0.39 is 0 Å². The van der Waals surface area contributed by atoms with Gasteiger partial charge in [-0.3, -0.25) is 4.79 Å². The highest BCUT2D eigenvalue weighted by molar-refractivity contribution is 5.93. The van der Waals surface area contributed by atoms with E-state index in [1.165, 1.54) is 24.2 Å². The monoisotopic (exact) mass is 421 g/mol. The maximum Gasteiger partial charge on any atom is 0.252 e. The summed E-state index contributed by atoms with van der Waals surface area (Å²) in [6.45, 7) is 1.22. The third-order valence-electron chi connectivity index (χ3n) is 4.65. The average molecular weight is 421 g/mol. The molecule has 1 amide bonds. The molecule has 0 unspecified atom stereocenters. The third-order valence-corrected chi connectivity index (χ3v) is 4.65. The molecule has 0 aliphatic carbocycles. The number of hydrogen-bond acceptors (Lipinski definition) is 7. The van der Waals surface area contributed by atoms with Crippen molar-refractivity contribution >= 4 is 5.91 Å². The van der Waals surface area contributed by atoms with Crippen LogP contribution < -0.4 is 10.1 Å². The molecule has 0 aliphatic heterocycles. The van der Waals surface area contributed by atoms with Crippen LogP contribution in [0.4, 0.5) is 0 Å². The predicted molar refractivity (Wildman–Crippen MR) is 113 cm³/mol. The highest BCUT2D eigenvalue weighted by atomic mass is 16.5. The van der Waals surface area contributed by atoms with Crippen LogP contribution in [0.25, 0.3) is 16.9 Å². The van der Waals surface area contributed by atoms with E-state index in [4.69, 9.17) is 14.7 Å². The van der Waals surface area contributed by atoms with E-state index in [0.717, 1.165) is 12.8 Å². The zero-order chi connectivity index (χ0) is 22.2. The van der Waals surface area contributed by atoms with Gasteiger partial charge in [-0.2, -0.15) is 15.0 Å². The number of unbranched alkanes of at least 4 members (excludes halogenated alkanes) is 1. The van der Waals surface area contributed by atoms with Gasteiger partial charge in [0.05, 0.1) is 36.1 Å². The van der Waals surface area contributed by atoms with Gasteiger partial charge in [0.25, 0.3) is 5.91 Å². The van der Waals surface area contributed by atoms with Crippen molar-refractivity contribution in [3.8, 4) is 34.6 Å². The molecule has 3 aromatic rings. The lowest BCUT2D eigenvalue weighted by Gasteiger charge is -2.09. The molecule has 3 rings (SSSR count). The topological polar surface area (TPSA) is 122 Å². The Balaban J connectivity index is 1.76. The fourth-order valence-electron chi connectivity index (χ4n) is 3.00. The van der Waals surface area contributed by atoms with Gasteiger partial charge < -0.3 is 19.9 Å². The highest BCUT2D eigenvalue weighted by Crippen LogP contribution is 2.37. The van der Waals surface area contributed by atoms with Crippen LogP contribution >= 0.6 is 0 Å². The average Bonchev–Trinajstić information content (AvgIpc) is 3.19. The van der Waals surface area contributed by atoms with Crippen molar-refractivity contribution in [3.63, 3.8) is 0 Å². The van der Waals surface area contributed by atoms with Crippen LogP contribution in [0.5, 0.6) is 11.6 Å². The van der Waals surface area contributed by atoms with E-state index in [1.54, 1.807) is 37.4 Å². The molecule has 0 fully saturated rings. The number of aromatic hydroxyl groups is 1. The number of methoxy groups -OCH3 is 2. The number of ether oxygens (including phenoxy) is 2. The molecule has 2 N–H and O–H groups in total. The number of rotatable bonds is 9. The summed E-state index contributed by atoms with van der Waals surface area (Å²) in [5.74, 6) is 0.447. The summed E-state index contributed by atoms with van der Waals surface area (Å²) in [7, 11) is 3.14. The van der Waals surface area contributed by atoms with E-state index >= 15 is 0 Å². The number of carbonyl (C=O) groups is 1. The number of amides is 1. The molecule has 0 bridgehead atoms. The number of nitriles is 1. The Morgan fingerprint density at radius 2 is 2.03 bits per heavy atom. The number of aromatic nitrogens is 3. The molecule has 2 aromatic heterocycles. The van der Waals surface area contributed by atoms with Crippen LogP contribution in [0.3, 0.4) is 0 Å². The van der Waals surface area contributed by atoms with Crippen molar-refractivity contribution in [1.82, 2.24) is 20.1 Å². The summed E-state index contributed by atoms with van der Waals surface area (Å²) in [5.41, 5.74) is 1.88. The number of nitrogens with zero attached hydrogens (tertiary/aromatic N) is 4. The molecule has 0 spiro atoms. The first-order valence-corrected chi connectivity index (χ1v) is 9.68. The second-order valence-electron chi connectivity index (χ2n) is 6.68. The first kappa shape index (κ1) is 21.8. The Bertz CT molecular complexity index is 1090. The molecule has 2 heterocycles. The number of benzene rings is 1. The van der Waals surface area contributed by atoms with Crippen LogP contribution in [0.2, 0.25) is 0 Å². The summed E-state index contributed by atoms with van der Waals surface area (Å²) >= 11 is 0. The minimum Gasteiger partial charge on any atom is -0.496 e. The maximum absolute atomic E-state index is 12.2. The molecular formula is C22H23N5O4. The maximum atomic E-state index is 12.2. The highest BCUT2D eigenvalue weighted by Gasteiger charge is 2.18. The lowest BCUT2D eigenvalue weighted by Crippen LogP contribution is -2.24. The summed E-state index contributed by atoms with van der Waals surface area (Å²) in [4.78, 5) is 16.5. The van der Waals surface area contributed by atoms with E-state index in [0.29, 0.717) is 47.0 Å². The summed E-state index contributed by atoms with van der Waals surface area (Å²) in [6, 6.07) is 10.2. The van der Waals surface area contributed by atoms with Gasteiger partial charge in [-0.25, -0.2) is 4.98 Å². The van der Waals surface area contributed by atoms with Crippen LogP contribution in [-0.2, 0) is 4.74 Å². The number of carbonyl (C=O) groups excluding carboxylic acids is 1. The SMILES string of the molecule is COCCCCNC(=O)c1ccc(-n2ncc(-c3ccc(C#N)cc3OC)c2O)nc1. The molecular weight excluding hydrogens is 398 g/mol. The van der Waals surface area contributed by atoms with Crippen molar-refractivity contribution in [2.24, 2.45) is 0 Å².